The number of benzene rings is 1. The Morgan fingerprint density at radius 2 is 1.89 bits per heavy atom. The Morgan fingerprint density at radius 3 is 2.44 bits per heavy atom. The van der Waals surface area contributed by atoms with Gasteiger partial charge in [0.1, 0.15) is 0 Å². The number of amides is 1. The zero-order chi connectivity index (χ0) is 13.9. The molecule has 1 amide bonds. The number of carbonyl (C=O) groups is 2. The lowest BCUT2D eigenvalue weighted by Crippen LogP contribution is -2.16. The van der Waals surface area contributed by atoms with E-state index < -0.39 is 11.9 Å². The van der Waals surface area contributed by atoms with Gasteiger partial charge >= 0.3 is 5.97 Å². The highest BCUT2D eigenvalue weighted by Crippen LogP contribution is 2.26. The fourth-order valence-electron chi connectivity index (χ4n) is 1.14. The van der Waals surface area contributed by atoms with Crippen molar-refractivity contribution in [2.24, 2.45) is 0 Å². The first kappa shape index (κ1) is 14.7. The van der Waals surface area contributed by atoms with E-state index in [2.05, 4.69) is 21.2 Å². The summed E-state index contributed by atoms with van der Waals surface area (Å²) >= 11 is 9.08. The second-order valence-electron chi connectivity index (χ2n) is 3.63. The third-order valence-electron chi connectivity index (χ3n) is 2.40. The monoisotopic (exact) mass is 331 g/mol. The van der Waals surface area contributed by atoms with Crippen LogP contribution in [0.2, 0.25) is 5.02 Å². The summed E-state index contributed by atoms with van der Waals surface area (Å²) in [5.41, 5.74) is 0.644. The van der Waals surface area contributed by atoms with Crippen LogP contribution >= 0.6 is 27.5 Å². The maximum Gasteiger partial charge on any atom is 0.331 e. The molecule has 0 saturated carbocycles. The average Bonchev–Trinajstić information content (AvgIpc) is 2.31. The van der Waals surface area contributed by atoms with E-state index in [9.17, 15) is 9.59 Å². The third-order valence-corrected chi connectivity index (χ3v) is 3.33. The molecular formula is C12H11BrClNO3. The van der Waals surface area contributed by atoms with Gasteiger partial charge in [0, 0.05) is 20.6 Å². The van der Waals surface area contributed by atoms with Gasteiger partial charge < -0.3 is 10.4 Å². The highest BCUT2D eigenvalue weighted by atomic mass is 79.9. The minimum absolute atomic E-state index is 0.00523. The van der Waals surface area contributed by atoms with Gasteiger partial charge in [0.15, 0.2) is 0 Å². The van der Waals surface area contributed by atoms with Crippen molar-refractivity contribution < 1.29 is 14.7 Å². The fourth-order valence-corrected chi connectivity index (χ4v) is 1.66. The molecule has 0 fully saturated rings. The number of carboxylic acid groups (broad SMARTS) is 1. The Labute approximate surface area is 118 Å². The van der Waals surface area contributed by atoms with Gasteiger partial charge in [-0.1, -0.05) is 11.6 Å². The SMILES string of the molecule is C/C(C(=O)O)=C(/C)C(=O)Nc1cc(Cl)ccc1Br. The van der Waals surface area contributed by atoms with Crippen molar-refractivity contribution in [3.8, 4) is 0 Å². The Bertz CT molecular complexity index is 540. The summed E-state index contributed by atoms with van der Waals surface area (Å²) < 4.78 is 0.668. The van der Waals surface area contributed by atoms with Crippen LogP contribution in [0.1, 0.15) is 13.8 Å². The number of halogens is 2. The zero-order valence-electron chi connectivity index (χ0n) is 9.75. The van der Waals surface area contributed by atoms with Crippen LogP contribution in [0.25, 0.3) is 0 Å². The predicted octanol–water partition coefficient (Wildman–Crippen LogP) is 3.46. The van der Waals surface area contributed by atoms with Crippen LogP contribution in [0.15, 0.2) is 33.8 Å². The molecule has 0 aliphatic heterocycles. The average molecular weight is 333 g/mol. The molecule has 1 aromatic rings. The molecular weight excluding hydrogens is 321 g/mol. The third kappa shape index (κ3) is 3.58. The predicted molar refractivity (Wildman–Crippen MR) is 73.8 cm³/mol. The van der Waals surface area contributed by atoms with Crippen LogP contribution in [0.5, 0.6) is 0 Å². The van der Waals surface area contributed by atoms with Crippen molar-refractivity contribution >= 4 is 45.1 Å². The molecule has 1 rings (SSSR count). The molecule has 96 valence electrons. The van der Waals surface area contributed by atoms with Gasteiger partial charge in [0.2, 0.25) is 0 Å². The first-order chi connectivity index (χ1) is 8.32. The Balaban J connectivity index is 2.98. The normalized spacial score (nSPS) is 11.8. The lowest BCUT2D eigenvalue weighted by atomic mass is 10.1. The van der Waals surface area contributed by atoms with Crippen LogP contribution in [0.4, 0.5) is 5.69 Å². The van der Waals surface area contributed by atoms with E-state index >= 15 is 0 Å². The summed E-state index contributed by atoms with van der Waals surface area (Å²) in [4.78, 5) is 22.6. The standard InChI is InChI=1S/C12H11BrClNO3/c1-6(7(2)12(17)18)11(16)15-10-5-8(14)3-4-9(10)13/h3-5H,1-2H3,(H,15,16)(H,17,18)/b7-6+. The summed E-state index contributed by atoms with van der Waals surface area (Å²) in [7, 11) is 0. The maximum absolute atomic E-state index is 11.8. The van der Waals surface area contributed by atoms with Gasteiger partial charge in [-0.3, -0.25) is 4.79 Å². The summed E-state index contributed by atoms with van der Waals surface area (Å²) in [6.45, 7) is 2.83. The molecule has 1 aromatic carbocycles. The topological polar surface area (TPSA) is 66.4 Å². The molecule has 0 radical (unpaired) electrons. The van der Waals surface area contributed by atoms with Gasteiger partial charge in [-0.25, -0.2) is 4.79 Å². The van der Waals surface area contributed by atoms with Crippen LogP contribution in [-0.2, 0) is 9.59 Å². The van der Waals surface area contributed by atoms with E-state index in [-0.39, 0.29) is 11.1 Å². The van der Waals surface area contributed by atoms with Crippen LogP contribution < -0.4 is 5.32 Å². The molecule has 0 aliphatic carbocycles. The smallest absolute Gasteiger partial charge is 0.331 e. The molecule has 0 atom stereocenters. The van der Waals surface area contributed by atoms with Crippen molar-refractivity contribution in [3.05, 3.63) is 38.8 Å². The van der Waals surface area contributed by atoms with Crippen molar-refractivity contribution in [2.75, 3.05) is 5.32 Å². The summed E-state index contributed by atoms with van der Waals surface area (Å²) in [6.07, 6.45) is 0. The van der Waals surface area contributed by atoms with Crippen LogP contribution in [0, 0.1) is 0 Å². The number of aliphatic carboxylic acids is 1. The van der Waals surface area contributed by atoms with Crippen molar-refractivity contribution in [2.45, 2.75) is 13.8 Å². The first-order valence-electron chi connectivity index (χ1n) is 5.00. The number of hydrogen-bond donors (Lipinski definition) is 2. The number of nitrogens with one attached hydrogen (secondary N) is 1. The van der Waals surface area contributed by atoms with Gasteiger partial charge in [-0.05, 0) is 48.0 Å². The van der Waals surface area contributed by atoms with E-state index in [0.29, 0.717) is 15.2 Å². The molecule has 0 bridgehead atoms. The molecule has 0 heterocycles. The molecule has 0 unspecified atom stereocenters. The number of hydrogen-bond acceptors (Lipinski definition) is 2. The van der Waals surface area contributed by atoms with Crippen molar-refractivity contribution in [1.29, 1.82) is 0 Å². The lowest BCUT2D eigenvalue weighted by molar-refractivity contribution is -0.133. The van der Waals surface area contributed by atoms with Crippen LogP contribution in [0.3, 0.4) is 0 Å². The van der Waals surface area contributed by atoms with Gasteiger partial charge in [-0.15, -0.1) is 0 Å². The van der Waals surface area contributed by atoms with Gasteiger partial charge in [-0.2, -0.15) is 0 Å². The highest BCUT2D eigenvalue weighted by Gasteiger charge is 2.13. The fraction of sp³-hybridized carbons (Fsp3) is 0.167. The first-order valence-corrected chi connectivity index (χ1v) is 6.17. The summed E-state index contributed by atoms with van der Waals surface area (Å²) in [5.74, 6) is -1.59. The second-order valence-corrected chi connectivity index (χ2v) is 4.92. The Hall–Kier alpha value is -1.33. The number of anilines is 1. The molecule has 18 heavy (non-hydrogen) atoms. The Morgan fingerprint density at radius 1 is 1.28 bits per heavy atom. The number of rotatable bonds is 3. The van der Waals surface area contributed by atoms with Gasteiger partial charge in [0.25, 0.3) is 5.91 Å². The second kappa shape index (κ2) is 6.02. The molecule has 0 saturated heterocycles. The minimum atomic E-state index is -1.12. The summed E-state index contributed by atoms with van der Waals surface area (Å²) in [6, 6.07) is 4.94. The van der Waals surface area contributed by atoms with Crippen molar-refractivity contribution in [1.82, 2.24) is 0 Å². The summed E-state index contributed by atoms with van der Waals surface area (Å²) in [5, 5.41) is 11.9. The maximum atomic E-state index is 11.8. The minimum Gasteiger partial charge on any atom is -0.478 e. The molecule has 0 aliphatic rings. The zero-order valence-corrected chi connectivity index (χ0v) is 12.1. The van der Waals surface area contributed by atoms with E-state index in [0.717, 1.165) is 0 Å². The largest absolute Gasteiger partial charge is 0.478 e. The lowest BCUT2D eigenvalue weighted by Gasteiger charge is -2.09. The molecule has 2 N–H and O–H groups in total. The number of carboxylic acids is 1. The Kier molecular flexibility index (Phi) is 4.93. The number of carbonyl (C=O) groups excluding carboxylic acids is 1. The van der Waals surface area contributed by atoms with E-state index in [1.807, 2.05) is 0 Å². The van der Waals surface area contributed by atoms with Crippen molar-refractivity contribution in [3.63, 3.8) is 0 Å². The van der Waals surface area contributed by atoms with Gasteiger partial charge in [0.05, 0.1) is 5.69 Å². The van der Waals surface area contributed by atoms with Crippen LogP contribution in [-0.4, -0.2) is 17.0 Å². The van der Waals surface area contributed by atoms with E-state index in [1.165, 1.54) is 13.8 Å². The van der Waals surface area contributed by atoms with E-state index in [1.54, 1.807) is 18.2 Å². The highest BCUT2D eigenvalue weighted by molar-refractivity contribution is 9.10. The molecule has 0 aromatic heterocycles. The quantitative estimate of drug-likeness (QED) is 0.833. The molecule has 6 heteroatoms. The molecule has 0 spiro atoms. The van der Waals surface area contributed by atoms with E-state index in [4.69, 9.17) is 16.7 Å². The molecule has 4 nitrogen and oxygen atoms in total.